The van der Waals surface area contributed by atoms with Gasteiger partial charge in [-0.1, -0.05) is 5.21 Å². The lowest BCUT2D eigenvalue weighted by Crippen LogP contribution is -2.29. The van der Waals surface area contributed by atoms with Crippen LogP contribution >= 0.6 is 0 Å². The van der Waals surface area contributed by atoms with Crippen LogP contribution in [0.25, 0.3) is 0 Å². The van der Waals surface area contributed by atoms with E-state index in [-0.39, 0.29) is 0 Å². The Labute approximate surface area is 82.9 Å². The van der Waals surface area contributed by atoms with Crippen molar-refractivity contribution < 1.29 is 0 Å². The Hall–Kier alpha value is -1.01. The van der Waals surface area contributed by atoms with Crippen LogP contribution in [0.3, 0.4) is 0 Å². The van der Waals surface area contributed by atoms with Crippen LogP contribution in [-0.4, -0.2) is 39.8 Å². The molecule has 1 fully saturated rings. The van der Waals surface area contributed by atoms with Crippen molar-refractivity contribution in [3.63, 3.8) is 0 Å². The van der Waals surface area contributed by atoms with E-state index in [9.17, 15) is 0 Å². The summed E-state index contributed by atoms with van der Waals surface area (Å²) in [5.41, 5.74) is 0. The number of aromatic nitrogens is 4. The summed E-state index contributed by atoms with van der Waals surface area (Å²) in [6.45, 7) is 2.95. The van der Waals surface area contributed by atoms with Crippen LogP contribution in [0, 0.1) is 0 Å². The van der Waals surface area contributed by atoms with Crippen molar-refractivity contribution in [1.82, 2.24) is 31.3 Å². The van der Waals surface area contributed by atoms with Gasteiger partial charge in [0.15, 0.2) is 5.82 Å². The molecule has 1 aromatic heterocycles. The Bertz CT molecular complexity index is 238. The molecule has 6 heteroatoms. The lowest BCUT2D eigenvalue weighted by molar-refractivity contribution is 0.461. The molecule has 78 valence electrons. The highest BCUT2D eigenvalue weighted by Gasteiger charge is 2.11. The Morgan fingerprint density at radius 2 is 2.36 bits per heavy atom. The lowest BCUT2D eigenvalue weighted by Gasteiger charge is -2.13. The highest BCUT2D eigenvalue weighted by atomic mass is 15.5. The summed E-state index contributed by atoms with van der Waals surface area (Å²) in [5, 5.41) is 20.6. The number of aromatic amines is 1. The third kappa shape index (κ3) is 2.74. The number of rotatable bonds is 3. The van der Waals surface area contributed by atoms with Gasteiger partial charge in [-0.2, -0.15) is 5.21 Å². The van der Waals surface area contributed by atoms with E-state index < -0.39 is 0 Å². The molecule has 3 N–H and O–H groups in total. The van der Waals surface area contributed by atoms with E-state index >= 15 is 0 Å². The minimum absolute atomic E-state index is 0.587. The van der Waals surface area contributed by atoms with Gasteiger partial charge in [-0.3, -0.25) is 0 Å². The third-order valence-corrected chi connectivity index (χ3v) is 2.51. The minimum atomic E-state index is 0.587. The second-order valence-electron chi connectivity index (χ2n) is 3.59. The first-order valence-corrected chi connectivity index (χ1v) is 5.11. The van der Waals surface area contributed by atoms with Crippen molar-refractivity contribution in [1.29, 1.82) is 0 Å². The van der Waals surface area contributed by atoms with Crippen molar-refractivity contribution in [2.75, 3.05) is 13.1 Å². The van der Waals surface area contributed by atoms with Crippen LogP contribution in [0.2, 0.25) is 0 Å². The normalized spacial score (nSPS) is 23.3. The standard InChI is InChI=1S/C8H16N6/c1-2-7(3-5-9-4-1)10-6-8-11-13-14-12-8/h7,9-10H,1-6H2,(H,11,12,13,14). The van der Waals surface area contributed by atoms with Crippen LogP contribution in [-0.2, 0) is 6.54 Å². The molecule has 2 rings (SSSR count). The minimum Gasteiger partial charge on any atom is -0.317 e. The van der Waals surface area contributed by atoms with E-state index in [0.717, 1.165) is 18.9 Å². The topological polar surface area (TPSA) is 78.5 Å². The van der Waals surface area contributed by atoms with Gasteiger partial charge in [0.25, 0.3) is 0 Å². The highest BCUT2D eigenvalue weighted by Crippen LogP contribution is 2.05. The fourth-order valence-corrected chi connectivity index (χ4v) is 1.72. The molecule has 0 aliphatic carbocycles. The Morgan fingerprint density at radius 3 is 3.21 bits per heavy atom. The number of hydrogen-bond acceptors (Lipinski definition) is 5. The highest BCUT2D eigenvalue weighted by molar-refractivity contribution is 4.79. The van der Waals surface area contributed by atoms with Crippen molar-refractivity contribution in [3.8, 4) is 0 Å². The predicted molar refractivity (Wildman–Crippen MR) is 51.5 cm³/mol. The van der Waals surface area contributed by atoms with Crippen LogP contribution in [0.4, 0.5) is 0 Å². The van der Waals surface area contributed by atoms with Gasteiger partial charge < -0.3 is 10.6 Å². The van der Waals surface area contributed by atoms with Gasteiger partial charge in [-0.15, -0.1) is 10.2 Å². The molecule has 0 amide bonds. The Morgan fingerprint density at radius 1 is 1.36 bits per heavy atom. The molecule has 0 radical (unpaired) electrons. The van der Waals surface area contributed by atoms with Gasteiger partial charge >= 0.3 is 0 Å². The van der Waals surface area contributed by atoms with Crippen molar-refractivity contribution in [3.05, 3.63) is 5.82 Å². The molecular weight excluding hydrogens is 180 g/mol. The summed E-state index contributed by atoms with van der Waals surface area (Å²) in [4.78, 5) is 0. The first-order chi connectivity index (χ1) is 6.95. The van der Waals surface area contributed by atoms with E-state index in [4.69, 9.17) is 0 Å². The van der Waals surface area contributed by atoms with Gasteiger partial charge in [-0.25, -0.2) is 0 Å². The monoisotopic (exact) mass is 196 g/mol. The summed E-state index contributed by atoms with van der Waals surface area (Å²) in [7, 11) is 0. The summed E-state index contributed by atoms with van der Waals surface area (Å²) in [6, 6.07) is 0.587. The molecule has 1 unspecified atom stereocenters. The first kappa shape index (κ1) is 9.54. The average Bonchev–Trinajstić information content (AvgIpc) is 2.58. The molecule has 0 aromatic carbocycles. The molecular formula is C8H16N6. The molecule has 2 heterocycles. The van der Waals surface area contributed by atoms with Crippen molar-refractivity contribution >= 4 is 0 Å². The summed E-state index contributed by atoms with van der Waals surface area (Å²) in [5.74, 6) is 0.738. The van der Waals surface area contributed by atoms with E-state index in [0.29, 0.717) is 12.6 Å². The summed E-state index contributed by atoms with van der Waals surface area (Å²) in [6.07, 6.45) is 3.65. The van der Waals surface area contributed by atoms with E-state index in [1.165, 1.54) is 19.3 Å². The number of tetrazole rings is 1. The van der Waals surface area contributed by atoms with Gasteiger partial charge in [0.05, 0.1) is 6.54 Å². The SMILES string of the molecule is C1CNCCC(NCc2nn[nH]n2)C1. The predicted octanol–water partition coefficient (Wildman–Crippen LogP) is -0.569. The molecule has 0 bridgehead atoms. The molecule has 6 nitrogen and oxygen atoms in total. The van der Waals surface area contributed by atoms with Gasteiger partial charge in [-0.05, 0) is 32.4 Å². The van der Waals surface area contributed by atoms with Crippen molar-refractivity contribution in [2.45, 2.75) is 31.8 Å². The Kier molecular flexibility index (Phi) is 3.42. The second kappa shape index (κ2) is 5.02. The quantitative estimate of drug-likeness (QED) is 0.603. The average molecular weight is 196 g/mol. The van der Waals surface area contributed by atoms with Crippen LogP contribution < -0.4 is 10.6 Å². The zero-order valence-electron chi connectivity index (χ0n) is 8.16. The molecule has 0 saturated carbocycles. The van der Waals surface area contributed by atoms with E-state index in [1.54, 1.807) is 0 Å². The van der Waals surface area contributed by atoms with Crippen molar-refractivity contribution in [2.24, 2.45) is 0 Å². The molecule has 1 aliphatic rings. The second-order valence-corrected chi connectivity index (χ2v) is 3.59. The molecule has 1 saturated heterocycles. The number of H-pyrrole nitrogens is 1. The van der Waals surface area contributed by atoms with E-state index in [2.05, 4.69) is 31.3 Å². The fraction of sp³-hybridized carbons (Fsp3) is 0.875. The zero-order valence-corrected chi connectivity index (χ0v) is 8.16. The molecule has 0 spiro atoms. The maximum Gasteiger partial charge on any atom is 0.188 e. The largest absolute Gasteiger partial charge is 0.317 e. The van der Waals surface area contributed by atoms with E-state index in [1.807, 2.05) is 0 Å². The molecule has 1 aliphatic heterocycles. The van der Waals surface area contributed by atoms with Gasteiger partial charge in [0.1, 0.15) is 0 Å². The summed E-state index contributed by atoms with van der Waals surface area (Å²) >= 11 is 0. The maximum atomic E-state index is 3.90. The van der Waals surface area contributed by atoms with Crippen LogP contribution in [0.5, 0.6) is 0 Å². The number of nitrogens with one attached hydrogen (secondary N) is 3. The molecule has 1 atom stereocenters. The van der Waals surface area contributed by atoms with Gasteiger partial charge in [0, 0.05) is 6.04 Å². The molecule has 1 aromatic rings. The smallest absolute Gasteiger partial charge is 0.188 e. The maximum absolute atomic E-state index is 3.90. The van der Waals surface area contributed by atoms with Gasteiger partial charge in [0.2, 0.25) is 0 Å². The van der Waals surface area contributed by atoms with Crippen LogP contribution in [0.1, 0.15) is 25.1 Å². The van der Waals surface area contributed by atoms with Crippen LogP contribution in [0.15, 0.2) is 0 Å². The number of hydrogen-bond donors (Lipinski definition) is 3. The Balaban J connectivity index is 1.73. The lowest BCUT2D eigenvalue weighted by atomic mass is 10.1. The zero-order chi connectivity index (χ0) is 9.64. The first-order valence-electron chi connectivity index (χ1n) is 5.11. The summed E-state index contributed by atoms with van der Waals surface area (Å²) < 4.78 is 0. The number of nitrogens with zero attached hydrogens (tertiary/aromatic N) is 3. The molecule has 14 heavy (non-hydrogen) atoms. The third-order valence-electron chi connectivity index (χ3n) is 2.51. The fourth-order valence-electron chi connectivity index (χ4n) is 1.72.